The molecule has 0 fully saturated rings. The lowest BCUT2D eigenvalue weighted by Gasteiger charge is -2.26. The molecule has 19 heavy (non-hydrogen) atoms. The third-order valence-corrected chi connectivity index (χ3v) is 2.18. The highest BCUT2D eigenvalue weighted by molar-refractivity contribution is 5.88. The first-order valence-electron chi connectivity index (χ1n) is 5.89. The molecule has 1 rings (SSSR count). The standard InChI is InChI=1S/C12H19N3O4/c1-12(2,3)19-11(17)15(6-5-10(16)18-4)9-7-13-14-8-9/h7-8H,5-6H2,1-4H3,(H,13,14). The first kappa shape index (κ1) is 15.0. The third-order valence-electron chi connectivity index (χ3n) is 2.18. The number of carbonyl (C=O) groups is 2. The van der Waals surface area contributed by atoms with Crippen LogP contribution in [0.25, 0.3) is 0 Å². The van der Waals surface area contributed by atoms with Gasteiger partial charge in [-0.05, 0) is 20.8 Å². The molecule has 1 heterocycles. The summed E-state index contributed by atoms with van der Waals surface area (Å²) >= 11 is 0. The molecule has 0 spiro atoms. The van der Waals surface area contributed by atoms with Gasteiger partial charge in [0.2, 0.25) is 0 Å². The van der Waals surface area contributed by atoms with Gasteiger partial charge < -0.3 is 9.47 Å². The lowest BCUT2D eigenvalue weighted by atomic mass is 10.2. The molecule has 1 aromatic rings. The Labute approximate surface area is 111 Å². The van der Waals surface area contributed by atoms with Gasteiger partial charge in [0, 0.05) is 12.7 Å². The van der Waals surface area contributed by atoms with Crippen LogP contribution < -0.4 is 4.90 Å². The quantitative estimate of drug-likeness (QED) is 0.841. The number of hydrogen-bond acceptors (Lipinski definition) is 5. The summed E-state index contributed by atoms with van der Waals surface area (Å²) in [6.07, 6.45) is 2.60. The number of aromatic amines is 1. The second kappa shape index (κ2) is 6.21. The largest absolute Gasteiger partial charge is 0.469 e. The van der Waals surface area contributed by atoms with Crippen molar-refractivity contribution in [1.29, 1.82) is 0 Å². The van der Waals surface area contributed by atoms with Crippen molar-refractivity contribution in [2.75, 3.05) is 18.6 Å². The van der Waals surface area contributed by atoms with E-state index in [1.807, 2.05) is 0 Å². The number of nitrogens with one attached hydrogen (secondary N) is 1. The molecule has 1 aromatic heterocycles. The molecule has 0 aromatic carbocycles. The number of methoxy groups -OCH3 is 1. The fourth-order valence-electron chi connectivity index (χ4n) is 1.34. The summed E-state index contributed by atoms with van der Waals surface area (Å²) in [4.78, 5) is 24.6. The number of esters is 1. The van der Waals surface area contributed by atoms with Gasteiger partial charge in [0.05, 0.1) is 25.4 Å². The number of anilines is 1. The zero-order chi connectivity index (χ0) is 14.5. The van der Waals surface area contributed by atoms with Gasteiger partial charge in [-0.3, -0.25) is 14.8 Å². The number of nitrogens with zero attached hydrogens (tertiary/aromatic N) is 2. The molecule has 0 aliphatic heterocycles. The van der Waals surface area contributed by atoms with Crippen molar-refractivity contribution in [3.05, 3.63) is 12.4 Å². The molecule has 0 saturated heterocycles. The van der Waals surface area contributed by atoms with E-state index in [1.165, 1.54) is 18.2 Å². The monoisotopic (exact) mass is 269 g/mol. The van der Waals surface area contributed by atoms with Crippen LogP contribution >= 0.6 is 0 Å². The van der Waals surface area contributed by atoms with Crippen LogP contribution in [0.15, 0.2) is 12.4 Å². The Morgan fingerprint density at radius 1 is 1.42 bits per heavy atom. The predicted octanol–water partition coefficient (Wildman–Crippen LogP) is 1.71. The van der Waals surface area contributed by atoms with Crippen molar-refractivity contribution in [3.63, 3.8) is 0 Å². The highest BCUT2D eigenvalue weighted by atomic mass is 16.6. The molecule has 1 N–H and O–H groups in total. The maximum Gasteiger partial charge on any atom is 0.414 e. The number of aromatic nitrogens is 2. The Bertz CT molecular complexity index is 423. The highest BCUT2D eigenvalue weighted by Crippen LogP contribution is 2.17. The minimum atomic E-state index is -0.607. The SMILES string of the molecule is COC(=O)CCN(C(=O)OC(C)(C)C)c1cn[nH]c1. The van der Waals surface area contributed by atoms with E-state index in [0.717, 1.165) is 0 Å². The minimum Gasteiger partial charge on any atom is -0.469 e. The van der Waals surface area contributed by atoms with Gasteiger partial charge in [-0.15, -0.1) is 0 Å². The lowest BCUT2D eigenvalue weighted by Crippen LogP contribution is -2.38. The summed E-state index contributed by atoms with van der Waals surface area (Å²) in [5, 5.41) is 6.39. The van der Waals surface area contributed by atoms with E-state index in [-0.39, 0.29) is 13.0 Å². The molecule has 106 valence electrons. The molecule has 0 saturated carbocycles. The van der Waals surface area contributed by atoms with Crippen LogP contribution in [0, 0.1) is 0 Å². The summed E-state index contributed by atoms with van der Waals surface area (Å²) in [5.41, 5.74) is -0.0669. The normalized spacial score (nSPS) is 10.9. The van der Waals surface area contributed by atoms with Crippen molar-refractivity contribution in [2.24, 2.45) is 0 Å². The van der Waals surface area contributed by atoms with Crippen LogP contribution in [0.2, 0.25) is 0 Å². The second-order valence-corrected chi connectivity index (χ2v) is 4.91. The number of hydrogen-bond donors (Lipinski definition) is 1. The van der Waals surface area contributed by atoms with Crippen LogP contribution in [0.4, 0.5) is 10.5 Å². The van der Waals surface area contributed by atoms with Gasteiger partial charge in [0.1, 0.15) is 5.60 Å². The molecule has 0 bridgehead atoms. The maximum absolute atomic E-state index is 12.1. The van der Waals surface area contributed by atoms with E-state index in [0.29, 0.717) is 5.69 Å². The molecule has 0 atom stereocenters. The molecule has 0 aliphatic carbocycles. The van der Waals surface area contributed by atoms with E-state index in [4.69, 9.17) is 4.74 Å². The Kier molecular flexibility index (Phi) is 4.91. The van der Waals surface area contributed by atoms with Crippen LogP contribution in [-0.2, 0) is 14.3 Å². The molecule has 0 radical (unpaired) electrons. The Morgan fingerprint density at radius 3 is 2.58 bits per heavy atom. The van der Waals surface area contributed by atoms with Gasteiger partial charge in [-0.25, -0.2) is 4.79 Å². The van der Waals surface area contributed by atoms with Gasteiger partial charge in [0.25, 0.3) is 0 Å². The molecule has 7 heteroatoms. The zero-order valence-electron chi connectivity index (χ0n) is 11.6. The third kappa shape index (κ3) is 4.99. The van der Waals surface area contributed by atoms with Gasteiger partial charge in [-0.1, -0.05) is 0 Å². The summed E-state index contributed by atoms with van der Waals surface area (Å²) in [6.45, 7) is 5.50. The average Bonchev–Trinajstić information content (AvgIpc) is 2.80. The Morgan fingerprint density at radius 2 is 2.11 bits per heavy atom. The number of amides is 1. The Balaban J connectivity index is 2.76. The number of ether oxygens (including phenoxy) is 2. The number of rotatable bonds is 4. The van der Waals surface area contributed by atoms with Crippen molar-refractivity contribution in [2.45, 2.75) is 32.8 Å². The van der Waals surface area contributed by atoms with E-state index in [1.54, 1.807) is 27.0 Å². The number of H-pyrrole nitrogens is 1. The van der Waals surface area contributed by atoms with E-state index >= 15 is 0 Å². The van der Waals surface area contributed by atoms with Gasteiger partial charge in [0.15, 0.2) is 0 Å². The van der Waals surface area contributed by atoms with Crippen LogP contribution in [0.1, 0.15) is 27.2 Å². The van der Waals surface area contributed by atoms with Crippen molar-refractivity contribution < 1.29 is 19.1 Å². The van der Waals surface area contributed by atoms with Gasteiger partial charge >= 0.3 is 12.1 Å². The summed E-state index contributed by atoms with van der Waals surface area (Å²) in [5.74, 6) is -0.392. The number of carbonyl (C=O) groups excluding carboxylic acids is 2. The first-order valence-corrected chi connectivity index (χ1v) is 5.89. The fourth-order valence-corrected chi connectivity index (χ4v) is 1.34. The molecule has 0 aliphatic rings. The van der Waals surface area contributed by atoms with E-state index in [9.17, 15) is 9.59 Å². The van der Waals surface area contributed by atoms with Crippen molar-refractivity contribution in [1.82, 2.24) is 10.2 Å². The average molecular weight is 269 g/mol. The fraction of sp³-hybridized carbons (Fsp3) is 0.583. The molecule has 1 amide bonds. The lowest BCUT2D eigenvalue weighted by molar-refractivity contribution is -0.140. The molecule has 0 unspecified atom stereocenters. The van der Waals surface area contributed by atoms with Gasteiger partial charge in [-0.2, -0.15) is 5.10 Å². The van der Waals surface area contributed by atoms with Crippen LogP contribution in [-0.4, -0.2) is 41.5 Å². The van der Waals surface area contributed by atoms with Crippen LogP contribution in [0.5, 0.6) is 0 Å². The summed E-state index contributed by atoms with van der Waals surface area (Å²) < 4.78 is 9.84. The second-order valence-electron chi connectivity index (χ2n) is 4.91. The minimum absolute atomic E-state index is 0.0842. The summed E-state index contributed by atoms with van der Waals surface area (Å²) in [7, 11) is 1.30. The first-order chi connectivity index (χ1) is 8.83. The molecule has 7 nitrogen and oxygen atoms in total. The smallest absolute Gasteiger partial charge is 0.414 e. The van der Waals surface area contributed by atoms with Crippen LogP contribution in [0.3, 0.4) is 0 Å². The zero-order valence-corrected chi connectivity index (χ0v) is 11.6. The molecular formula is C12H19N3O4. The predicted molar refractivity (Wildman–Crippen MR) is 68.8 cm³/mol. The summed E-state index contributed by atoms with van der Waals surface area (Å²) in [6, 6.07) is 0. The van der Waals surface area contributed by atoms with E-state index < -0.39 is 17.7 Å². The van der Waals surface area contributed by atoms with Crippen molar-refractivity contribution in [3.8, 4) is 0 Å². The van der Waals surface area contributed by atoms with E-state index in [2.05, 4.69) is 14.9 Å². The Hall–Kier alpha value is -2.05. The maximum atomic E-state index is 12.1. The highest BCUT2D eigenvalue weighted by Gasteiger charge is 2.24. The topological polar surface area (TPSA) is 84.5 Å². The van der Waals surface area contributed by atoms with Crippen molar-refractivity contribution >= 4 is 17.7 Å². The molecular weight excluding hydrogens is 250 g/mol.